The van der Waals surface area contributed by atoms with Crippen molar-refractivity contribution in [3.63, 3.8) is 0 Å². The van der Waals surface area contributed by atoms with Crippen molar-refractivity contribution in [3.05, 3.63) is 39.6 Å². The van der Waals surface area contributed by atoms with E-state index in [0.717, 1.165) is 0 Å². The molecule has 0 saturated heterocycles. The summed E-state index contributed by atoms with van der Waals surface area (Å²) in [6, 6.07) is 8.81. The number of rotatable bonds is 2. The van der Waals surface area contributed by atoms with Gasteiger partial charge in [-0.05, 0) is 24.3 Å². The van der Waals surface area contributed by atoms with E-state index in [2.05, 4.69) is 16.3 Å². The summed E-state index contributed by atoms with van der Waals surface area (Å²) in [4.78, 5) is 0. The van der Waals surface area contributed by atoms with Gasteiger partial charge in [-0.2, -0.15) is 10.4 Å². The highest BCUT2D eigenvalue weighted by Gasteiger charge is 2.10. The fourth-order valence-corrected chi connectivity index (χ4v) is 1.94. The lowest BCUT2D eigenvalue weighted by Gasteiger charge is -2.09. The molecule has 6 heteroatoms. The van der Waals surface area contributed by atoms with E-state index in [1.807, 2.05) is 0 Å². The predicted octanol–water partition coefficient (Wildman–Crippen LogP) is 3.34. The summed E-state index contributed by atoms with van der Waals surface area (Å²) in [5.41, 5.74) is 1.91. The zero-order valence-corrected chi connectivity index (χ0v) is 11.0. The Balaban J connectivity index is 2.73. The summed E-state index contributed by atoms with van der Waals surface area (Å²) in [6.45, 7) is 0. The van der Waals surface area contributed by atoms with Crippen LogP contribution in [0.2, 0.25) is 5.15 Å². The van der Waals surface area contributed by atoms with Crippen molar-refractivity contribution in [1.82, 2.24) is 10.2 Å². The normalized spacial score (nSPS) is 9.83. The molecule has 1 N–H and O–H groups in total. The van der Waals surface area contributed by atoms with E-state index in [4.69, 9.17) is 33.8 Å². The number of hydrogen-bond acceptors (Lipinski definition) is 4. The molecular weight excluding hydrogens is 270 g/mol. The number of benzene rings is 1. The van der Waals surface area contributed by atoms with Crippen LogP contribution in [0.15, 0.2) is 24.3 Å². The van der Waals surface area contributed by atoms with Crippen molar-refractivity contribution >= 4 is 23.8 Å². The Morgan fingerprint density at radius 3 is 2.83 bits per heavy atom. The van der Waals surface area contributed by atoms with Crippen LogP contribution in [0.25, 0.3) is 11.1 Å². The quantitative estimate of drug-likeness (QED) is 0.855. The number of ether oxygens (including phenoxy) is 1. The second-order valence-electron chi connectivity index (χ2n) is 3.46. The van der Waals surface area contributed by atoms with Gasteiger partial charge < -0.3 is 4.74 Å². The van der Waals surface area contributed by atoms with Crippen molar-refractivity contribution < 1.29 is 4.74 Å². The van der Waals surface area contributed by atoms with Crippen LogP contribution in [0.3, 0.4) is 0 Å². The molecule has 0 saturated carbocycles. The molecule has 0 spiro atoms. The van der Waals surface area contributed by atoms with Gasteiger partial charge in [0.25, 0.3) is 0 Å². The fraction of sp³-hybridized carbons (Fsp3) is 0.0833. The second-order valence-corrected chi connectivity index (χ2v) is 4.26. The molecule has 0 unspecified atom stereocenters. The number of H-pyrrole nitrogens is 1. The maximum atomic E-state index is 8.93. The molecule has 18 heavy (non-hydrogen) atoms. The maximum absolute atomic E-state index is 8.93. The Labute approximate surface area is 114 Å². The maximum Gasteiger partial charge on any atom is 0.150 e. The molecular formula is C12H8ClN3OS. The van der Waals surface area contributed by atoms with Gasteiger partial charge in [-0.15, -0.1) is 0 Å². The Kier molecular flexibility index (Phi) is 3.60. The fourth-order valence-electron chi connectivity index (χ4n) is 1.57. The molecule has 0 aliphatic heterocycles. The van der Waals surface area contributed by atoms with E-state index in [9.17, 15) is 0 Å². The first-order chi connectivity index (χ1) is 8.65. The van der Waals surface area contributed by atoms with Crippen LogP contribution in [0, 0.1) is 16.0 Å². The average molecular weight is 278 g/mol. The van der Waals surface area contributed by atoms with Gasteiger partial charge in [0.15, 0.2) is 0 Å². The predicted molar refractivity (Wildman–Crippen MR) is 71.1 cm³/mol. The summed E-state index contributed by atoms with van der Waals surface area (Å²) < 4.78 is 5.70. The third kappa shape index (κ3) is 2.35. The van der Waals surface area contributed by atoms with Gasteiger partial charge >= 0.3 is 0 Å². The lowest BCUT2D eigenvalue weighted by atomic mass is 10.0. The van der Waals surface area contributed by atoms with E-state index in [1.165, 1.54) is 0 Å². The molecule has 1 aromatic heterocycles. The Morgan fingerprint density at radius 2 is 2.17 bits per heavy atom. The van der Waals surface area contributed by atoms with E-state index < -0.39 is 0 Å². The molecule has 1 aromatic carbocycles. The number of hydrogen-bond donors (Lipinski definition) is 1. The average Bonchev–Trinajstić information content (AvgIpc) is 2.40. The van der Waals surface area contributed by atoms with Gasteiger partial charge in [-0.25, -0.2) is 0 Å². The van der Waals surface area contributed by atoms with Crippen LogP contribution in [0.5, 0.6) is 5.75 Å². The molecule has 0 radical (unpaired) electrons. The van der Waals surface area contributed by atoms with E-state index in [-0.39, 0.29) is 0 Å². The number of aromatic nitrogens is 2. The zero-order chi connectivity index (χ0) is 13.1. The molecule has 2 aromatic rings. The van der Waals surface area contributed by atoms with Crippen molar-refractivity contribution in [2.45, 2.75) is 0 Å². The lowest BCUT2D eigenvalue weighted by molar-refractivity contribution is 0.416. The first-order valence-electron chi connectivity index (χ1n) is 4.99. The zero-order valence-electron chi connectivity index (χ0n) is 9.40. The summed E-state index contributed by atoms with van der Waals surface area (Å²) in [5, 5.41) is 15.7. The number of aromatic amines is 1. The minimum Gasteiger partial charge on any atom is -0.496 e. The van der Waals surface area contributed by atoms with Crippen molar-refractivity contribution in [3.8, 4) is 22.9 Å². The highest BCUT2D eigenvalue weighted by Crippen LogP contribution is 2.31. The Morgan fingerprint density at radius 1 is 1.39 bits per heavy atom. The second kappa shape index (κ2) is 5.17. The minimum absolute atomic E-state index is 0.294. The number of halogens is 1. The van der Waals surface area contributed by atoms with Gasteiger partial charge in [0.2, 0.25) is 0 Å². The number of methoxy groups -OCH3 is 1. The SMILES string of the molecule is COc1ccc(C#N)cc1-c1cc(Cl)n[nH]c1=S. The van der Waals surface area contributed by atoms with E-state index >= 15 is 0 Å². The van der Waals surface area contributed by atoms with Crippen LogP contribution >= 0.6 is 23.8 Å². The topological polar surface area (TPSA) is 61.7 Å². The van der Waals surface area contributed by atoms with Crippen molar-refractivity contribution in [1.29, 1.82) is 5.26 Å². The van der Waals surface area contributed by atoms with E-state index in [0.29, 0.717) is 32.2 Å². The van der Waals surface area contributed by atoms with Gasteiger partial charge in [-0.3, -0.25) is 5.10 Å². The highest BCUT2D eigenvalue weighted by atomic mass is 35.5. The molecule has 4 nitrogen and oxygen atoms in total. The molecule has 0 aliphatic rings. The first kappa shape index (κ1) is 12.6. The van der Waals surface area contributed by atoms with Crippen molar-refractivity contribution in [2.75, 3.05) is 7.11 Å². The Hall–Kier alpha value is -1.90. The molecule has 1 heterocycles. The highest BCUT2D eigenvalue weighted by molar-refractivity contribution is 7.71. The van der Waals surface area contributed by atoms with Gasteiger partial charge in [0, 0.05) is 11.1 Å². The van der Waals surface area contributed by atoms with Crippen LogP contribution < -0.4 is 4.74 Å². The molecule has 0 aliphatic carbocycles. The largest absolute Gasteiger partial charge is 0.496 e. The van der Waals surface area contributed by atoms with Crippen LogP contribution in [0.1, 0.15) is 5.56 Å². The van der Waals surface area contributed by atoms with Crippen LogP contribution in [-0.4, -0.2) is 17.3 Å². The summed E-state index contributed by atoms with van der Waals surface area (Å²) >= 11 is 11.0. The number of nitrogens with zero attached hydrogens (tertiary/aromatic N) is 2. The summed E-state index contributed by atoms with van der Waals surface area (Å²) in [5.74, 6) is 0.621. The summed E-state index contributed by atoms with van der Waals surface area (Å²) in [7, 11) is 1.56. The minimum atomic E-state index is 0.294. The van der Waals surface area contributed by atoms with E-state index in [1.54, 1.807) is 31.4 Å². The molecule has 90 valence electrons. The van der Waals surface area contributed by atoms with Gasteiger partial charge in [-0.1, -0.05) is 23.8 Å². The molecule has 0 bridgehead atoms. The standard InChI is InChI=1S/C12H8ClN3OS/c1-17-10-3-2-7(6-14)4-8(10)9-5-11(13)15-16-12(9)18/h2-5H,1H3,(H,16,18). The Bertz CT molecular complexity index is 690. The molecule has 0 amide bonds. The number of nitriles is 1. The smallest absolute Gasteiger partial charge is 0.150 e. The van der Waals surface area contributed by atoms with Crippen molar-refractivity contribution in [2.24, 2.45) is 0 Å². The first-order valence-corrected chi connectivity index (χ1v) is 5.78. The molecule has 0 fully saturated rings. The van der Waals surface area contributed by atoms with Crippen LogP contribution in [-0.2, 0) is 0 Å². The third-order valence-electron chi connectivity index (χ3n) is 2.39. The van der Waals surface area contributed by atoms with Crippen LogP contribution in [0.4, 0.5) is 0 Å². The number of nitrogens with one attached hydrogen (secondary N) is 1. The lowest BCUT2D eigenvalue weighted by Crippen LogP contribution is -1.92. The molecule has 0 atom stereocenters. The van der Waals surface area contributed by atoms with Gasteiger partial charge in [0.05, 0.1) is 18.7 Å². The summed E-state index contributed by atoms with van der Waals surface area (Å²) in [6.07, 6.45) is 0. The van der Waals surface area contributed by atoms with Gasteiger partial charge in [0.1, 0.15) is 15.5 Å². The molecule has 2 rings (SSSR count). The third-order valence-corrected chi connectivity index (χ3v) is 2.90. The monoisotopic (exact) mass is 277 g/mol.